The molecular weight excluding hydrogens is 217 g/mol. The SMILES string of the molecule is O=[Si]([O-])F.O=[Si]([O-])F.[Ni+2]. The number of hydrogen-bond donors (Lipinski definition) is 0. The van der Waals surface area contributed by atoms with Gasteiger partial charge in [-0.05, 0) is 0 Å². The van der Waals surface area contributed by atoms with E-state index >= 15 is 0 Å². The topological polar surface area (TPSA) is 80.3 Å². The van der Waals surface area contributed by atoms with Gasteiger partial charge in [-0.15, -0.1) is 0 Å². The van der Waals surface area contributed by atoms with Crippen LogP contribution in [0.3, 0.4) is 0 Å². The van der Waals surface area contributed by atoms with Crippen molar-refractivity contribution in [3.63, 3.8) is 0 Å². The number of hydrogen-bond acceptors (Lipinski definition) is 4. The smallest absolute Gasteiger partial charge is 0.560 e. The van der Waals surface area contributed by atoms with Crippen LogP contribution in [-0.2, 0) is 25.4 Å². The van der Waals surface area contributed by atoms with E-state index in [0.717, 1.165) is 0 Å². The van der Waals surface area contributed by atoms with Gasteiger partial charge in [0, 0.05) is 0 Å². The first-order chi connectivity index (χ1) is 3.46. The minimum absolute atomic E-state index is 0. The van der Waals surface area contributed by atoms with Crippen molar-refractivity contribution in [2.24, 2.45) is 0 Å². The minimum atomic E-state index is -3.88. The Morgan fingerprint density at radius 3 is 1.00 bits per heavy atom. The summed E-state index contributed by atoms with van der Waals surface area (Å²) in [5.41, 5.74) is 0. The largest absolute Gasteiger partial charge is 2.00 e. The molecule has 0 rings (SSSR count). The Morgan fingerprint density at radius 1 is 1.00 bits per heavy atom. The Kier molecular flexibility index (Phi) is 19.3. The van der Waals surface area contributed by atoms with E-state index < -0.39 is 18.5 Å². The molecule has 0 atom stereocenters. The normalized spacial score (nSPS) is 5.56. The summed E-state index contributed by atoms with van der Waals surface area (Å²) < 4.78 is 36.8. The van der Waals surface area contributed by atoms with Crippen molar-refractivity contribution in [2.45, 2.75) is 0 Å². The van der Waals surface area contributed by atoms with Crippen LogP contribution in [0.2, 0.25) is 0 Å². The van der Waals surface area contributed by atoms with E-state index in [1.807, 2.05) is 0 Å². The first-order valence-corrected chi connectivity index (χ1v) is 3.58. The number of rotatable bonds is 0. The van der Waals surface area contributed by atoms with Crippen LogP contribution in [0, 0.1) is 0 Å². The van der Waals surface area contributed by atoms with Gasteiger partial charge in [0.2, 0.25) is 0 Å². The maximum absolute atomic E-state index is 9.99. The Morgan fingerprint density at radius 2 is 1.00 bits per heavy atom. The maximum atomic E-state index is 9.99. The zero-order valence-corrected chi connectivity index (χ0v) is 6.69. The zero-order chi connectivity index (χ0) is 7.15. The van der Waals surface area contributed by atoms with Crippen LogP contribution in [0.15, 0.2) is 0 Å². The van der Waals surface area contributed by atoms with Gasteiger partial charge in [0.25, 0.3) is 0 Å². The molecule has 0 heterocycles. The molecule has 9 heavy (non-hydrogen) atoms. The van der Waals surface area contributed by atoms with Gasteiger partial charge in [0.05, 0.1) is 0 Å². The van der Waals surface area contributed by atoms with Gasteiger partial charge < -0.3 is 18.5 Å². The van der Waals surface area contributed by atoms with Crippen molar-refractivity contribution in [3.8, 4) is 0 Å². The second-order valence-electron chi connectivity index (χ2n) is 0.475. The van der Waals surface area contributed by atoms with E-state index in [1.165, 1.54) is 0 Å². The molecule has 0 fully saturated rings. The molecule has 0 radical (unpaired) electrons. The summed E-state index contributed by atoms with van der Waals surface area (Å²) >= 11 is 0. The predicted octanol–water partition coefficient (Wildman–Crippen LogP) is -2.54. The van der Waals surface area contributed by atoms with Crippen molar-refractivity contribution >= 4 is 18.5 Å². The molecule has 0 amide bonds. The molecule has 0 N–H and O–H groups in total. The van der Waals surface area contributed by atoms with Crippen LogP contribution in [0.25, 0.3) is 0 Å². The maximum Gasteiger partial charge on any atom is 2.00 e. The molecule has 9 heteroatoms. The third-order valence-corrected chi connectivity index (χ3v) is 0. The van der Waals surface area contributed by atoms with E-state index in [0.29, 0.717) is 0 Å². The van der Waals surface area contributed by atoms with E-state index in [4.69, 9.17) is 18.5 Å². The summed E-state index contributed by atoms with van der Waals surface area (Å²) in [6.45, 7) is 0. The summed E-state index contributed by atoms with van der Waals surface area (Å²) in [7, 11) is -7.76. The fraction of sp³-hybridized carbons (Fsp3) is 0. The molecule has 0 unspecified atom stereocenters. The van der Waals surface area contributed by atoms with E-state index in [-0.39, 0.29) is 16.5 Å². The summed E-state index contributed by atoms with van der Waals surface area (Å²) in [5, 5.41) is 0. The average molecular weight is 217 g/mol. The molecule has 0 aliphatic carbocycles. The summed E-state index contributed by atoms with van der Waals surface area (Å²) in [5.74, 6) is 0. The summed E-state index contributed by atoms with van der Waals surface area (Å²) in [4.78, 5) is 16.8. The molecule has 0 aromatic heterocycles. The third kappa shape index (κ3) is 1770000. The van der Waals surface area contributed by atoms with Gasteiger partial charge >= 0.3 is 35.0 Å². The first kappa shape index (κ1) is 16.0. The molecule has 56 valence electrons. The first-order valence-electron chi connectivity index (χ1n) is 1.19. The van der Waals surface area contributed by atoms with Crippen molar-refractivity contribution in [2.75, 3.05) is 0 Å². The van der Waals surface area contributed by atoms with Crippen molar-refractivity contribution < 1.29 is 43.2 Å². The molecule has 0 spiro atoms. The fourth-order valence-corrected chi connectivity index (χ4v) is 0. The molecule has 4 nitrogen and oxygen atoms in total. The Hall–Kier alpha value is -0.0127. The van der Waals surface area contributed by atoms with Crippen LogP contribution in [0.5, 0.6) is 0 Å². The summed E-state index contributed by atoms with van der Waals surface area (Å²) in [6.07, 6.45) is 0. The molecule has 0 bridgehead atoms. The van der Waals surface area contributed by atoms with Gasteiger partial charge in [0.15, 0.2) is 0 Å². The molecular formula is F2NiO4Si2. The van der Waals surface area contributed by atoms with Crippen LogP contribution in [-0.4, -0.2) is 18.5 Å². The van der Waals surface area contributed by atoms with Gasteiger partial charge in [-0.2, -0.15) is 0 Å². The summed E-state index contributed by atoms with van der Waals surface area (Å²) in [6, 6.07) is 0. The van der Waals surface area contributed by atoms with E-state index in [2.05, 4.69) is 0 Å². The van der Waals surface area contributed by atoms with Gasteiger partial charge in [-0.3, -0.25) is 8.22 Å². The predicted molar refractivity (Wildman–Crippen MR) is 15.1 cm³/mol. The van der Waals surface area contributed by atoms with Crippen LogP contribution in [0.4, 0.5) is 8.22 Å². The van der Waals surface area contributed by atoms with E-state index in [9.17, 15) is 8.22 Å². The zero-order valence-electron chi connectivity index (χ0n) is 3.71. The van der Waals surface area contributed by atoms with E-state index in [1.54, 1.807) is 0 Å². The van der Waals surface area contributed by atoms with Crippen LogP contribution >= 0.6 is 0 Å². The second-order valence-corrected chi connectivity index (χ2v) is 1.43. The minimum Gasteiger partial charge on any atom is -0.560 e. The Balaban J connectivity index is -0.0000000720. The quantitative estimate of drug-likeness (QED) is 0.330. The molecule has 0 saturated heterocycles. The van der Waals surface area contributed by atoms with Crippen molar-refractivity contribution in [1.82, 2.24) is 0 Å². The molecule has 0 aromatic rings. The molecule has 0 aliphatic heterocycles. The molecule has 0 aromatic carbocycles. The third-order valence-electron chi connectivity index (χ3n) is 0. The van der Waals surface area contributed by atoms with Crippen LogP contribution < -0.4 is 9.59 Å². The molecule has 0 aliphatic rings. The van der Waals surface area contributed by atoms with Crippen molar-refractivity contribution in [3.05, 3.63) is 0 Å². The Bertz CT molecular complexity index is 74.6. The van der Waals surface area contributed by atoms with Gasteiger partial charge in [0.1, 0.15) is 0 Å². The monoisotopic (exact) mass is 216 g/mol. The average Bonchev–Trinajstić information content (AvgIpc) is 1.25. The van der Waals surface area contributed by atoms with Gasteiger partial charge in [-0.25, -0.2) is 0 Å². The van der Waals surface area contributed by atoms with Crippen molar-refractivity contribution in [1.29, 1.82) is 0 Å². The standard InChI is InChI=1S/2FO2Si.Ni/c2*1-4(2)3;/q2*-1;+2. The van der Waals surface area contributed by atoms with Crippen LogP contribution in [0.1, 0.15) is 0 Å². The molecule has 0 saturated carbocycles. The second kappa shape index (κ2) is 10.9. The number of halogens is 2. The van der Waals surface area contributed by atoms with Gasteiger partial charge in [-0.1, -0.05) is 0 Å². The fourth-order valence-electron chi connectivity index (χ4n) is 0. The Labute approximate surface area is 62.4 Å².